The number of aliphatic hydroxyl groups excluding tert-OH is 1. The Morgan fingerprint density at radius 2 is 2.06 bits per heavy atom. The second kappa shape index (κ2) is 3.63. The fourth-order valence-electron chi connectivity index (χ4n) is 1.63. The Morgan fingerprint density at radius 3 is 2.56 bits per heavy atom. The topological polar surface area (TPSA) is 46.5 Å². The Hall–Kier alpha value is -1.29. The number of ether oxygens (including phenoxy) is 1. The molecule has 1 aliphatic heterocycles. The molecule has 1 aromatic carbocycles. The number of carbonyl (C=O) groups is 1. The van der Waals surface area contributed by atoms with Gasteiger partial charge in [0.15, 0.2) is 11.4 Å². The van der Waals surface area contributed by atoms with Crippen LogP contribution in [0.5, 0.6) is 0 Å². The van der Waals surface area contributed by atoms with Crippen molar-refractivity contribution in [1.29, 1.82) is 0 Å². The highest BCUT2D eigenvalue weighted by Gasteiger charge is 2.41. The Morgan fingerprint density at radius 1 is 1.38 bits per heavy atom. The van der Waals surface area contributed by atoms with Gasteiger partial charge in [-0.1, -0.05) is 28.1 Å². The summed E-state index contributed by atoms with van der Waals surface area (Å²) >= 11 is 3.32. The SMILES string of the molecule is CC1(C)OC(=O)C(c2cccc(Br)c2)=C1O. The van der Waals surface area contributed by atoms with Crippen LogP contribution >= 0.6 is 15.9 Å². The van der Waals surface area contributed by atoms with Crippen molar-refractivity contribution in [2.24, 2.45) is 0 Å². The van der Waals surface area contributed by atoms with E-state index in [0.29, 0.717) is 5.56 Å². The van der Waals surface area contributed by atoms with Gasteiger partial charge in [0.05, 0.1) is 0 Å². The van der Waals surface area contributed by atoms with E-state index in [9.17, 15) is 9.90 Å². The van der Waals surface area contributed by atoms with Gasteiger partial charge in [-0.25, -0.2) is 4.79 Å². The average molecular weight is 283 g/mol. The van der Waals surface area contributed by atoms with Gasteiger partial charge in [0.25, 0.3) is 0 Å². The minimum absolute atomic E-state index is 0.0180. The van der Waals surface area contributed by atoms with Crippen LogP contribution in [0.4, 0.5) is 0 Å². The molecule has 2 rings (SSSR count). The summed E-state index contributed by atoms with van der Waals surface area (Å²) in [7, 11) is 0. The van der Waals surface area contributed by atoms with E-state index in [1.807, 2.05) is 6.07 Å². The van der Waals surface area contributed by atoms with Crippen LogP contribution in [0.25, 0.3) is 5.57 Å². The molecule has 0 spiro atoms. The smallest absolute Gasteiger partial charge is 0.343 e. The standard InChI is InChI=1S/C12H11BrO3/c1-12(2)10(14)9(11(15)16-12)7-4-3-5-8(13)6-7/h3-6,14H,1-2H3. The number of carbonyl (C=O) groups excluding carboxylic acids is 1. The first-order chi connectivity index (χ1) is 7.42. The van der Waals surface area contributed by atoms with Crippen LogP contribution < -0.4 is 0 Å². The third-order valence-corrected chi connectivity index (χ3v) is 2.97. The molecule has 0 saturated carbocycles. The molecule has 0 unspecified atom stereocenters. The van der Waals surface area contributed by atoms with Crippen LogP contribution in [-0.2, 0) is 9.53 Å². The number of cyclic esters (lactones) is 1. The van der Waals surface area contributed by atoms with Crippen LogP contribution in [-0.4, -0.2) is 16.7 Å². The minimum atomic E-state index is -0.936. The summed E-state index contributed by atoms with van der Waals surface area (Å²) in [4.78, 5) is 11.7. The summed E-state index contributed by atoms with van der Waals surface area (Å²) in [6.07, 6.45) is 0. The lowest BCUT2D eigenvalue weighted by Crippen LogP contribution is -2.22. The Kier molecular flexibility index (Phi) is 2.54. The lowest BCUT2D eigenvalue weighted by Gasteiger charge is -2.16. The maximum Gasteiger partial charge on any atom is 0.343 e. The van der Waals surface area contributed by atoms with Crippen molar-refractivity contribution in [2.75, 3.05) is 0 Å². The molecular formula is C12H11BrO3. The van der Waals surface area contributed by atoms with Crippen LogP contribution in [0.3, 0.4) is 0 Å². The number of hydrogen-bond donors (Lipinski definition) is 1. The third kappa shape index (κ3) is 1.73. The third-order valence-electron chi connectivity index (χ3n) is 2.47. The molecule has 1 aromatic rings. The Balaban J connectivity index is 2.56. The predicted molar refractivity (Wildman–Crippen MR) is 63.9 cm³/mol. The van der Waals surface area contributed by atoms with Crippen molar-refractivity contribution in [1.82, 2.24) is 0 Å². The summed E-state index contributed by atoms with van der Waals surface area (Å²) in [6, 6.07) is 7.19. The number of rotatable bonds is 1. The predicted octanol–water partition coefficient (Wildman–Crippen LogP) is 3.05. The van der Waals surface area contributed by atoms with E-state index < -0.39 is 11.6 Å². The Bertz CT molecular complexity index is 489. The van der Waals surface area contributed by atoms with E-state index in [0.717, 1.165) is 4.47 Å². The molecule has 84 valence electrons. The van der Waals surface area contributed by atoms with Crippen molar-refractivity contribution in [3.63, 3.8) is 0 Å². The lowest BCUT2D eigenvalue weighted by atomic mass is 10.0. The first-order valence-corrected chi connectivity index (χ1v) is 5.64. The molecule has 0 atom stereocenters. The second-order valence-electron chi connectivity index (χ2n) is 4.13. The lowest BCUT2D eigenvalue weighted by molar-refractivity contribution is -0.143. The molecule has 0 radical (unpaired) electrons. The molecule has 4 heteroatoms. The van der Waals surface area contributed by atoms with E-state index in [2.05, 4.69) is 15.9 Å². The number of hydrogen-bond acceptors (Lipinski definition) is 3. The Labute approximate surface area is 102 Å². The van der Waals surface area contributed by atoms with E-state index in [1.165, 1.54) is 0 Å². The molecule has 0 bridgehead atoms. The zero-order valence-corrected chi connectivity index (χ0v) is 10.5. The fourth-order valence-corrected chi connectivity index (χ4v) is 2.03. The van der Waals surface area contributed by atoms with Crippen molar-refractivity contribution in [2.45, 2.75) is 19.4 Å². The normalized spacial score (nSPS) is 18.8. The average Bonchev–Trinajstić information content (AvgIpc) is 2.36. The highest BCUT2D eigenvalue weighted by molar-refractivity contribution is 9.10. The van der Waals surface area contributed by atoms with Gasteiger partial charge in [0.2, 0.25) is 0 Å². The van der Waals surface area contributed by atoms with Gasteiger partial charge in [-0.2, -0.15) is 0 Å². The maximum absolute atomic E-state index is 11.7. The molecule has 1 aliphatic rings. The van der Waals surface area contributed by atoms with Gasteiger partial charge >= 0.3 is 5.97 Å². The van der Waals surface area contributed by atoms with Crippen LogP contribution in [0.2, 0.25) is 0 Å². The first-order valence-electron chi connectivity index (χ1n) is 4.85. The van der Waals surface area contributed by atoms with Crippen molar-refractivity contribution in [3.05, 3.63) is 40.1 Å². The molecule has 16 heavy (non-hydrogen) atoms. The quantitative estimate of drug-likeness (QED) is 0.806. The van der Waals surface area contributed by atoms with Crippen molar-refractivity contribution in [3.8, 4) is 0 Å². The largest absolute Gasteiger partial charge is 0.507 e. The summed E-state index contributed by atoms with van der Waals surface area (Å²) in [5.41, 5.74) is -0.0388. The van der Waals surface area contributed by atoms with Gasteiger partial charge < -0.3 is 9.84 Å². The summed E-state index contributed by atoms with van der Waals surface area (Å²) < 4.78 is 5.94. The molecular weight excluding hydrogens is 272 g/mol. The maximum atomic E-state index is 11.7. The molecule has 0 aliphatic carbocycles. The summed E-state index contributed by atoms with van der Waals surface area (Å²) in [6.45, 7) is 3.32. The number of halogens is 1. The molecule has 0 amide bonds. The van der Waals surface area contributed by atoms with Gasteiger partial charge in [-0.15, -0.1) is 0 Å². The monoisotopic (exact) mass is 282 g/mol. The van der Waals surface area contributed by atoms with E-state index >= 15 is 0 Å². The summed E-state index contributed by atoms with van der Waals surface area (Å²) in [5.74, 6) is -0.504. The fraction of sp³-hybridized carbons (Fsp3) is 0.250. The molecule has 3 nitrogen and oxygen atoms in total. The first kappa shape index (κ1) is 11.2. The molecule has 0 fully saturated rings. The van der Waals surface area contributed by atoms with Gasteiger partial charge in [-0.3, -0.25) is 0 Å². The zero-order valence-electron chi connectivity index (χ0n) is 8.95. The number of benzene rings is 1. The van der Waals surface area contributed by atoms with Crippen molar-refractivity contribution >= 4 is 27.5 Å². The highest BCUT2D eigenvalue weighted by Crippen LogP contribution is 2.36. The number of aliphatic hydroxyl groups is 1. The van der Waals surface area contributed by atoms with Gasteiger partial charge in [0.1, 0.15) is 5.57 Å². The van der Waals surface area contributed by atoms with E-state index in [4.69, 9.17) is 4.74 Å². The summed E-state index contributed by atoms with van der Waals surface area (Å²) in [5, 5.41) is 9.95. The van der Waals surface area contributed by atoms with Gasteiger partial charge in [-0.05, 0) is 31.5 Å². The highest BCUT2D eigenvalue weighted by atomic mass is 79.9. The van der Waals surface area contributed by atoms with E-state index in [-0.39, 0.29) is 11.3 Å². The van der Waals surface area contributed by atoms with E-state index in [1.54, 1.807) is 32.0 Å². The molecule has 1 N–H and O–H groups in total. The second-order valence-corrected chi connectivity index (χ2v) is 5.05. The van der Waals surface area contributed by atoms with Crippen LogP contribution in [0, 0.1) is 0 Å². The number of esters is 1. The van der Waals surface area contributed by atoms with Crippen LogP contribution in [0.15, 0.2) is 34.5 Å². The zero-order chi connectivity index (χ0) is 11.9. The minimum Gasteiger partial charge on any atom is -0.507 e. The van der Waals surface area contributed by atoms with Crippen LogP contribution in [0.1, 0.15) is 19.4 Å². The molecule has 1 heterocycles. The van der Waals surface area contributed by atoms with Crippen molar-refractivity contribution < 1.29 is 14.6 Å². The molecule has 0 saturated heterocycles. The van der Waals surface area contributed by atoms with Gasteiger partial charge in [0, 0.05) is 4.47 Å². The molecule has 0 aromatic heterocycles.